The van der Waals surface area contributed by atoms with E-state index in [0.717, 1.165) is 44.6 Å². The quantitative estimate of drug-likeness (QED) is 0.160. The Labute approximate surface area is 325 Å². The van der Waals surface area contributed by atoms with Gasteiger partial charge in [-0.3, -0.25) is 0 Å². The molecular formula is C54H35NO. The summed E-state index contributed by atoms with van der Waals surface area (Å²) in [6, 6.07) is 76.2. The Morgan fingerprint density at radius 3 is 1.41 bits per heavy atom. The van der Waals surface area contributed by atoms with Crippen molar-refractivity contribution in [3.63, 3.8) is 0 Å². The molecule has 0 bridgehead atoms. The molecule has 10 aromatic carbocycles. The van der Waals surface area contributed by atoms with Gasteiger partial charge in [-0.25, -0.2) is 0 Å². The second kappa shape index (κ2) is 13.2. The number of benzene rings is 10. The highest BCUT2D eigenvalue weighted by atomic mass is 16.3. The molecule has 0 fully saturated rings. The summed E-state index contributed by atoms with van der Waals surface area (Å²) in [5, 5.41) is 9.51. The number of fused-ring (bicyclic) bond motifs is 7. The van der Waals surface area contributed by atoms with Crippen LogP contribution in [0, 0.1) is 0 Å². The van der Waals surface area contributed by atoms with Crippen LogP contribution in [0.5, 0.6) is 0 Å². The summed E-state index contributed by atoms with van der Waals surface area (Å²) in [5.41, 5.74) is 12.0. The average Bonchev–Trinajstić information content (AvgIpc) is 3.64. The lowest BCUT2D eigenvalue weighted by Crippen LogP contribution is -2.09. The van der Waals surface area contributed by atoms with Gasteiger partial charge in [-0.05, 0) is 109 Å². The van der Waals surface area contributed by atoms with Crippen LogP contribution in [-0.2, 0) is 0 Å². The normalized spacial score (nSPS) is 11.6. The molecule has 56 heavy (non-hydrogen) atoms. The summed E-state index contributed by atoms with van der Waals surface area (Å²) < 4.78 is 7.10. The van der Waals surface area contributed by atoms with Gasteiger partial charge in [0.2, 0.25) is 0 Å². The zero-order chi connectivity index (χ0) is 37.0. The first kappa shape index (κ1) is 32.0. The van der Waals surface area contributed by atoms with Gasteiger partial charge < -0.3 is 9.32 Å². The largest absolute Gasteiger partial charge is 0.455 e. The molecule has 11 rings (SSSR count). The fourth-order valence-corrected chi connectivity index (χ4v) is 8.54. The monoisotopic (exact) mass is 713 g/mol. The van der Waals surface area contributed by atoms with Crippen LogP contribution < -0.4 is 4.90 Å². The van der Waals surface area contributed by atoms with E-state index < -0.39 is 0 Å². The third-order valence-corrected chi connectivity index (χ3v) is 11.2. The molecule has 262 valence electrons. The molecule has 0 spiro atoms. The number of anilines is 3. The summed E-state index contributed by atoms with van der Waals surface area (Å²) in [7, 11) is 0. The summed E-state index contributed by atoms with van der Waals surface area (Å²) in [6.07, 6.45) is 0. The van der Waals surface area contributed by atoms with E-state index in [0.29, 0.717) is 0 Å². The lowest BCUT2D eigenvalue weighted by Gasteiger charge is -2.26. The van der Waals surface area contributed by atoms with Gasteiger partial charge in [-0.15, -0.1) is 0 Å². The fourth-order valence-electron chi connectivity index (χ4n) is 8.54. The van der Waals surface area contributed by atoms with Gasteiger partial charge in [0.1, 0.15) is 11.2 Å². The van der Waals surface area contributed by atoms with E-state index >= 15 is 0 Å². The van der Waals surface area contributed by atoms with Crippen molar-refractivity contribution in [1.29, 1.82) is 0 Å². The van der Waals surface area contributed by atoms with Crippen LogP contribution in [0.3, 0.4) is 0 Å². The fraction of sp³-hybridized carbons (Fsp3) is 0. The number of hydrogen-bond acceptors (Lipinski definition) is 2. The van der Waals surface area contributed by atoms with Crippen LogP contribution in [0.1, 0.15) is 0 Å². The molecular weight excluding hydrogens is 679 g/mol. The molecule has 0 saturated carbocycles. The minimum Gasteiger partial charge on any atom is -0.455 e. The van der Waals surface area contributed by atoms with Gasteiger partial charge in [-0.1, -0.05) is 158 Å². The van der Waals surface area contributed by atoms with E-state index in [9.17, 15) is 0 Å². The highest BCUT2D eigenvalue weighted by molar-refractivity contribution is 6.23. The van der Waals surface area contributed by atoms with Gasteiger partial charge in [0.15, 0.2) is 0 Å². The number of nitrogens with zero attached hydrogens (tertiary/aromatic N) is 1. The molecule has 1 heterocycles. The minimum absolute atomic E-state index is 0.853. The molecule has 11 aromatic rings. The van der Waals surface area contributed by atoms with E-state index in [1.165, 1.54) is 60.1 Å². The molecule has 0 aliphatic carbocycles. The Balaban J connectivity index is 1.11. The van der Waals surface area contributed by atoms with Gasteiger partial charge in [0.05, 0.1) is 0 Å². The number of hydrogen-bond donors (Lipinski definition) is 0. The predicted octanol–water partition coefficient (Wildman–Crippen LogP) is 15.5. The molecule has 0 amide bonds. The third-order valence-electron chi connectivity index (χ3n) is 11.2. The molecule has 0 unspecified atom stereocenters. The smallest absolute Gasteiger partial charge is 0.143 e. The van der Waals surface area contributed by atoms with E-state index in [1.807, 2.05) is 0 Å². The van der Waals surface area contributed by atoms with Gasteiger partial charge in [0.25, 0.3) is 0 Å². The van der Waals surface area contributed by atoms with E-state index in [1.54, 1.807) is 0 Å². The van der Waals surface area contributed by atoms with Crippen molar-refractivity contribution < 1.29 is 4.42 Å². The molecule has 0 aliphatic rings. The maximum Gasteiger partial charge on any atom is 0.143 e. The summed E-state index contributed by atoms with van der Waals surface area (Å²) >= 11 is 0. The number of rotatable bonds is 6. The highest BCUT2D eigenvalue weighted by Gasteiger charge is 2.21. The zero-order valence-corrected chi connectivity index (χ0v) is 30.6. The molecule has 2 nitrogen and oxygen atoms in total. The van der Waals surface area contributed by atoms with E-state index in [4.69, 9.17) is 4.42 Å². The summed E-state index contributed by atoms with van der Waals surface area (Å²) in [4.78, 5) is 2.32. The maximum atomic E-state index is 7.10. The Hall–Kier alpha value is -7.42. The van der Waals surface area contributed by atoms with E-state index in [2.05, 4.69) is 217 Å². The number of furan rings is 1. The van der Waals surface area contributed by atoms with Gasteiger partial charge in [-0.2, -0.15) is 0 Å². The van der Waals surface area contributed by atoms with Crippen molar-refractivity contribution in [2.75, 3.05) is 4.90 Å². The molecule has 0 atom stereocenters. The first-order valence-electron chi connectivity index (χ1n) is 19.2. The summed E-state index contributed by atoms with van der Waals surface area (Å²) in [5.74, 6) is 0. The lowest BCUT2D eigenvalue weighted by atomic mass is 9.89. The molecule has 0 saturated heterocycles. The van der Waals surface area contributed by atoms with Crippen LogP contribution in [0.4, 0.5) is 17.1 Å². The lowest BCUT2D eigenvalue weighted by molar-refractivity contribution is 0.670. The van der Waals surface area contributed by atoms with Crippen LogP contribution in [0.25, 0.3) is 87.6 Å². The van der Waals surface area contributed by atoms with Gasteiger partial charge in [0, 0.05) is 39.5 Å². The van der Waals surface area contributed by atoms with Crippen molar-refractivity contribution >= 4 is 71.3 Å². The first-order valence-corrected chi connectivity index (χ1v) is 19.2. The predicted molar refractivity (Wildman–Crippen MR) is 237 cm³/mol. The molecule has 1 aromatic heterocycles. The third kappa shape index (κ3) is 5.34. The Morgan fingerprint density at radius 2 is 0.786 bits per heavy atom. The Kier molecular flexibility index (Phi) is 7.53. The highest BCUT2D eigenvalue weighted by Crippen LogP contribution is 2.46. The zero-order valence-electron chi connectivity index (χ0n) is 30.6. The Bertz CT molecular complexity index is 3130. The van der Waals surface area contributed by atoms with Crippen LogP contribution in [-0.4, -0.2) is 0 Å². The van der Waals surface area contributed by atoms with Crippen molar-refractivity contribution in [3.05, 3.63) is 212 Å². The standard InChI is InChI=1S/C54H35NO/c1-3-13-36(14-4-1)38-23-27-42(28-24-38)55(43-29-25-39(26-30-43)37-15-5-2-6-16-37)44-31-32-49-51-34-41-18-8-10-20-46(41)53(54(51)56-52(49)35-44)50-33-40-17-7-9-19-45(40)47-21-11-12-22-48(47)50/h1-35H. The molecule has 0 radical (unpaired) electrons. The Morgan fingerprint density at radius 1 is 0.304 bits per heavy atom. The molecule has 0 aliphatic heterocycles. The van der Waals surface area contributed by atoms with Crippen molar-refractivity contribution in [3.8, 4) is 33.4 Å². The average molecular weight is 714 g/mol. The van der Waals surface area contributed by atoms with Crippen molar-refractivity contribution in [1.82, 2.24) is 0 Å². The molecule has 0 N–H and O–H groups in total. The van der Waals surface area contributed by atoms with Crippen molar-refractivity contribution in [2.24, 2.45) is 0 Å². The minimum atomic E-state index is 0.853. The van der Waals surface area contributed by atoms with Gasteiger partial charge >= 0.3 is 0 Å². The van der Waals surface area contributed by atoms with Crippen molar-refractivity contribution in [2.45, 2.75) is 0 Å². The van der Waals surface area contributed by atoms with Crippen LogP contribution in [0.2, 0.25) is 0 Å². The van der Waals surface area contributed by atoms with E-state index in [-0.39, 0.29) is 0 Å². The first-order chi connectivity index (χ1) is 27.8. The topological polar surface area (TPSA) is 16.4 Å². The molecule has 2 heteroatoms. The van der Waals surface area contributed by atoms with Crippen LogP contribution >= 0.6 is 0 Å². The van der Waals surface area contributed by atoms with Crippen LogP contribution in [0.15, 0.2) is 217 Å². The second-order valence-electron chi connectivity index (χ2n) is 14.5. The summed E-state index contributed by atoms with van der Waals surface area (Å²) in [6.45, 7) is 0. The SMILES string of the molecule is c1ccc(-c2ccc(N(c3ccc(-c4ccccc4)cc3)c3ccc4c(c3)oc3c(-c5cc6ccccc6c6ccccc56)c5ccccc5cc34)cc2)cc1. The second-order valence-corrected chi connectivity index (χ2v) is 14.5. The maximum absolute atomic E-state index is 7.10.